The highest BCUT2D eigenvalue weighted by molar-refractivity contribution is 5.97. The van der Waals surface area contributed by atoms with Crippen molar-refractivity contribution in [2.24, 2.45) is 11.7 Å². The van der Waals surface area contributed by atoms with Gasteiger partial charge in [-0.3, -0.25) is 4.79 Å². The first-order valence-electron chi connectivity index (χ1n) is 6.60. The van der Waals surface area contributed by atoms with Crippen LogP contribution in [0.1, 0.15) is 23.2 Å². The number of amides is 1. The molecule has 1 fully saturated rings. The molecule has 110 valence electrons. The van der Waals surface area contributed by atoms with Crippen LogP contribution in [0.2, 0.25) is 0 Å². The molecule has 1 aliphatic carbocycles. The summed E-state index contributed by atoms with van der Waals surface area (Å²) in [5.41, 5.74) is 6.24. The summed E-state index contributed by atoms with van der Waals surface area (Å²) < 4.78 is 5.49. The highest BCUT2D eigenvalue weighted by Gasteiger charge is 2.31. The Morgan fingerprint density at radius 1 is 1.50 bits per heavy atom. The monoisotopic (exact) mass is 296 g/mol. The molecule has 3 N–H and O–H groups in total. The Hall–Kier alpha value is -1.52. The zero-order chi connectivity index (χ0) is 13.7. The van der Waals surface area contributed by atoms with Crippen LogP contribution in [0.3, 0.4) is 0 Å². The van der Waals surface area contributed by atoms with Gasteiger partial charge in [0.25, 0.3) is 5.91 Å². The Morgan fingerprint density at radius 3 is 2.80 bits per heavy atom. The number of benzene rings is 1. The van der Waals surface area contributed by atoms with E-state index >= 15 is 0 Å². The number of hydrogen-bond donors (Lipinski definition) is 2. The number of carbonyl (C=O) groups is 1. The molecule has 1 aliphatic rings. The van der Waals surface area contributed by atoms with Crippen molar-refractivity contribution in [3.05, 3.63) is 42.5 Å². The molecule has 0 spiro atoms. The van der Waals surface area contributed by atoms with Gasteiger partial charge in [-0.2, -0.15) is 0 Å². The molecule has 1 unspecified atom stereocenters. The van der Waals surface area contributed by atoms with E-state index in [0.29, 0.717) is 30.4 Å². The first-order chi connectivity index (χ1) is 9.26. The van der Waals surface area contributed by atoms with Crippen LogP contribution in [0.25, 0.3) is 0 Å². The maximum absolute atomic E-state index is 12.3. The zero-order valence-electron chi connectivity index (χ0n) is 11.4. The first-order valence-corrected chi connectivity index (χ1v) is 6.60. The smallest absolute Gasteiger partial charge is 0.255 e. The molecule has 4 nitrogen and oxygen atoms in total. The van der Waals surface area contributed by atoms with Crippen molar-refractivity contribution >= 4 is 18.3 Å². The van der Waals surface area contributed by atoms with E-state index < -0.39 is 0 Å². The second-order valence-corrected chi connectivity index (χ2v) is 4.75. The number of ether oxygens (including phenoxy) is 1. The number of para-hydroxylation sites is 1. The molecule has 0 heterocycles. The second-order valence-electron chi connectivity index (χ2n) is 4.75. The van der Waals surface area contributed by atoms with Gasteiger partial charge in [0, 0.05) is 12.6 Å². The van der Waals surface area contributed by atoms with Crippen LogP contribution in [0.5, 0.6) is 5.75 Å². The molecule has 1 atom stereocenters. The third-order valence-corrected chi connectivity index (χ3v) is 3.25. The van der Waals surface area contributed by atoms with Crippen molar-refractivity contribution in [3.8, 4) is 5.75 Å². The third-order valence-electron chi connectivity index (χ3n) is 3.25. The summed E-state index contributed by atoms with van der Waals surface area (Å²) in [6, 6.07) is 7.28. The molecule has 1 aromatic carbocycles. The van der Waals surface area contributed by atoms with Crippen LogP contribution in [-0.4, -0.2) is 25.1 Å². The van der Waals surface area contributed by atoms with Gasteiger partial charge >= 0.3 is 0 Å². The molecule has 0 radical (unpaired) electrons. The molecule has 0 aromatic heterocycles. The van der Waals surface area contributed by atoms with Gasteiger partial charge in [0.15, 0.2) is 0 Å². The van der Waals surface area contributed by atoms with E-state index in [1.165, 1.54) is 0 Å². The van der Waals surface area contributed by atoms with E-state index in [2.05, 4.69) is 11.9 Å². The van der Waals surface area contributed by atoms with Crippen LogP contribution in [0.4, 0.5) is 0 Å². The lowest BCUT2D eigenvalue weighted by atomic mass is 10.1. The average Bonchev–Trinajstić information content (AvgIpc) is 3.27. The maximum Gasteiger partial charge on any atom is 0.255 e. The van der Waals surface area contributed by atoms with Crippen LogP contribution < -0.4 is 15.8 Å². The molecule has 2 rings (SSSR count). The molecule has 1 amide bonds. The first kappa shape index (κ1) is 16.5. The molecule has 5 heteroatoms. The number of nitrogens with two attached hydrogens (primary N) is 1. The van der Waals surface area contributed by atoms with E-state index in [9.17, 15) is 4.79 Å². The molecule has 0 saturated heterocycles. The summed E-state index contributed by atoms with van der Waals surface area (Å²) in [7, 11) is 0. The van der Waals surface area contributed by atoms with Crippen LogP contribution in [0, 0.1) is 5.92 Å². The normalized spacial score (nSPS) is 14.8. The van der Waals surface area contributed by atoms with Gasteiger partial charge in [-0.15, -0.1) is 12.4 Å². The fourth-order valence-electron chi connectivity index (χ4n) is 2.04. The minimum absolute atomic E-state index is 0. The number of halogens is 1. The van der Waals surface area contributed by atoms with Crippen molar-refractivity contribution in [3.63, 3.8) is 0 Å². The van der Waals surface area contributed by atoms with Crippen molar-refractivity contribution in [2.75, 3.05) is 13.2 Å². The van der Waals surface area contributed by atoms with E-state index in [1.807, 2.05) is 12.1 Å². The largest absolute Gasteiger partial charge is 0.489 e. The Kier molecular flexibility index (Phi) is 6.55. The van der Waals surface area contributed by atoms with Gasteiger partial charge < -0.3 is 15.8 Å². The summed E-state index contributed by atoms with van der Waals surface area (Å²) in [4.78, 5) is 12.3. The molecule has 0 bridgehead atoms. The predicted molar refractivity (Wildman–Crippen MR) is 82.4 cm³/mol. The molecule has 1 aromatic rings. The quantitative estimate of drug-likeness (QED) is 0.758. The highest BCUT2D eigenvalue weighted by Crippen LogP contribution is 2.32. The fraction of sp³-hybridized carbons (Fsp3) is 0.400. The van der Waals surface area contributed by atoms with Gasteiger partial charge in [-0.05, 0) is 30.9 Å². The van der Waals surface area contributed by atoms with Gasteiger partial charge in [-0.25, -0.2) is 0 Å². The van der Waals surface area contributed by atoms with E-state index in [4.69, 9.17) is 10.5 Å². The summed E-state index contributed by atoms with van der Waals surface area (Å²) in [5.74, 6) is 0.990. The number of rotatable bonds is 7. The Bertz CT molecular complexity index is 461. The van der Waals surface area contributed by atoms with Gasteiger partial charge in [0.1, 0.15) is 12.4 Å². The number of hydrogen-bond acceptors (Lipinski definition) is 3. The van der Waals surface area contributed by atoms with Crippen molar-refractivity contribution < 1.29 is 9.53 Å². The molecular weight excluding hydrogens is 276 g/mol. The van der Waals surface area contributed by atoms with Gasteiger partial charge in [0.2, 0.25) is 0 Å². The van der Waals surface area contributed by atoms with Crippen molar-refractivity contribution in [2.45, 2.75) is 18.9 Å². The molecule has 0 aliphatic heterocycles. The molecular formula is C15H21ClN2O2. The zero-order valence-corrected chi connectivity index (χ0v) is 12.2. The number of nitrogens with one attached hydrogen (secondary N) is 1. The standard InChI is InChI=1S/C15H20N2O2.ClH/c1-2-9-19-14-6-4-3-5-12(14)15(18)17-13(10-16)11-7-8-11;/h2-6,11,13H,1,7-10,16H2,(H,17,18);1H. The Labute approximate surface area is 125 Å². The predicted octanol–water partition coefficient (Wildman–Crippen LogP) is 2.14. The van der Waals surface area contributed by atoms with Crippen LogP contribution in [0.15, 0.2) is 36.9 Å². The van der Waals surface area contributed by atoms with E-state index in [1.54, 1.807) is 18.2 Å². The highest BCUT2D eigenvalue weighted by atomic mass is 35.5. The van der Waals surface area contributed by atoms with Crippen molar-refractivity contribution in [1.29, 1.82) is 0 Å². The van der Waals surface area contributed by atoms with Crippen molar-refractivity contribution in [1.82, 2.24) is 5.32 Å². The Balaban J connectivity index is 0.00000200. The van der Waals surface area contributed by atoms with E-state index in [0.717, 1.165) is 12.8 Å². The van der Waals surface area contributed by atoms with Crippen LogP contribution >= 0.6 is 12.4 Å². The lowest BCUT2D eigenvalue weighted by Gasteiger charge is -2.17. The summed E-state index contributed by atoms with van der Waals surface area (Å²) in [6.45, 7) is 4.46. The average molecular weight is 297 g/mol. The third kappa shape index (κ3) is 4.25. The van der Waals surface area contributed by atoms with Crippen LogP contribution in [-0.2, 0) is 0 Å². The summed E-state index contributed by atoms with van der Waals surface area (Å²) in [5, 5.41) is 2.99. The van der Waals surface area contributed by atoms with Gasteiger partial charge in [-0.1, -0.05) is 24.8 Å². The lowest BCUT2D eigenvalue weighted by Crippen LogP contribution is -2.41. The minimum atomic E-state index is -0.123. The summed E-state index contributed by atoms with van der Waals surface area (Å²) >= 11 is 0. The van der Waals surface area contributed by atoms with Gasteiger partial charge in [0.05, 0.1) is 5.56 Å². The topological polar surface area (TPSA) is 64.3 Å². The maximum atomic E-state index is 12.3. The van der Waals surface area contributed by atoms with E-state index in [-0.39, 0.29) is 24.4 Å². The summed E-state index contributed by atoms with van der Waals surface area (Å²) in [6.07, 6.45) is 3.95. The Morgan fingerprint density at radius 2 is 2.20 bits per heavy atom. The second kappa shape index (κ2) is 7.92. The molecule has 1 saturated carbocycles. The fourth-order valence-corrected chi connectivity index (χ4v) is 2.04. The SMILES string of the molecule is C=CCOc1ccccc1C(=O)NC(CN)C1CC1.Cl. The molecule has 20 heavy (non-hydrogen) atoms. The number of carbonyl (C=O) groups excluding carboxylic acids is 1. The minimum Gasteiger partial charge on any atom is -0.489 e. The lowest BCUT2D eigenvalue weighted by molar-refractivity contribution is 0.0930.